The number of alkyl halides is 2. The highest BCUT2D eigenvalue weighted by Crippen LogP contribution is 2.27. The van der Waals surface area contributed by atoms with Crippen LogP contribution in [-0.2, 0) is 14.6 Å². The van der Waals surface area contributed by atoms with Gasteiger partial charge in [0.25, 0.3) is 18.3 Å². The van der Waals surface area contributed by atoms with Gasteiger partial charge in [0.2, 0.25) is 0 Å². The first-order valence-corrected chi connectivity index (χ1v) is 13.3. The lowest BCUT2D eigenvalue weighted by atomic mass is 9.93. The zero-order valence-electron chi connectivity index (χ0n) is 19.1. The summed E-state index contributed by atoms with van der Waals surface area (Å²) >= 11 is 0. The Labute approximate surface area is 201 Å². The minimum Gasteiger partial charge on any atom is -0.378 e. The van der Waals surface area contributed by atoms with E-state index in [2.05, 4.69) is 25.4 Å². The number of carbonyl (C=O) groups excluding carboxylic acids is 1. The van der Waals surface area contributed by atoms with Crippen molar-refractivity contribution in [2.45, 2.75) is 50.7 Å². The summed E-state index contributed by atoms with van der Waals surface area (Å²) < 4.78 is 56.0. The van der Waals surface area contributed by atoms with Crippen LogP contribution in [0.4, 0.5) is 8.78 Å². The van der Waals surface area contributed by atoms with E-state index in [1.807, 2.05) is 0 Å². The van der Waals surface area contributed by atoms with E-state index in [4.69, 9.17) is 4.74 Å². The second-order valence-electron chi connectivity index (χ2n) is 8.56. The minimum absolute atomic E-state index is 0.0206. The van der Waals surface area contributed by atoms with E-state index in [0.717, 1.165) is 25.7 Å². The van der Waals surface area contributed by atoms with Crippen LogP contribution >= 0.6 is 0 Å². The van der Waals surface area contributed by atoms with Gasteiger partial charge in [-0.3, -0.25) is 9.78 Å². The molecule has 1 fully saturated rings. The fourth-order valence-corrected chi connectivity index (χ4v) is 4.70. The average molecular weight is 509 g/mol. The van der Waals surface area contributed by atoms with E-state index in [1.54, 1.807) is 0 Å². The Kier molecular flexibility index (Phi) is 7.65. The number of hydrogen-bond acceptors (Lipinski definition) is 8. The van der Waals surface area contributed by atoms with Crippen molar-refractivity contribution >= 4 is 26.6 Å². The number of sulfone groups is 1. The lowest BCUT2D eigenvalue weighted by molar-refractivity contribution is 0.0230. The fourth-order valence-electron chi connectivity index (χ4n) is 4.06. The first-order chi connectivity index (χ1) is 16.7. The topological polar surface area (TPSA) is 129 Å². The van der Waals surface area contributed by atoms with Gasteiger partial charge in [-0.05, 0) is 38.2 Å². The van der Waals surface area contributed by atoms with Crippen molar-refractivity contribution in [3.8, 4) is 5.95 Å². The maximum atomic E-state index is 13.3. The van der Waals surface area contributed by atoms with Crippen LogP contribution < -0.4 is 5.32 Å². The van der Waals surface area contributed by atoms with Gasteiger partial charge in [-0.1, -0.05) is 0 Å². The smallest absolute Gasteiger partial charge is 0.282 e. The number of hydrogen-bond donors (Lipinski definition) is 1. The lowest BCUT2D eigenvalue weighted by Gasteiger charge is -2.29. The van der Waals surface area contributed by atoms with E-state index in [1.165, 1.54) is 41.8 Å². The van der Waals surface area contributed by atoms with Crippen molar-refractivity contribution in [3.05, 3.63) is 42.1 Å². The Morgan fingerprint density at radius 1 is 1.20 bits per heavy atom. The van der Waals surface area contributed by atoms with Crippen molar-refractivity contribution in [1.82, 2.24) is 30.0 Å². The minimum atomic E-state index is -2.98. The molecule has 0 aromatic carbocycles. The molecule has 4 rings (SSSR count). The highest BCUT2D eigenvalue weighted by atomic mass is 32.2. The Bertz CT molecular complexity index is 1270. The molecule has 0 radical (unpaired) electrons. The summed E-state index contributed by atoms with van der Waals surface area (Å²) in [4.78, 5) is 24.9. The summed E-state index contributed by atoms with van der Waals surface area (Å²) in [5.74, 6) is -0.158. The molecular formula is C22H26F2N6O4S. The van der Waals surface area contributed by atoms with Crippen LogP contribution in [0.15, 0.2) is 30.9 Å². The summed E-state index contributed by atoms with van der Waals surface area (Å²) in [5.41, 5.74) is 0.203. The van der Waals surface area contributed by atoms with E-state index >= 15 is 0 Å². The third kappa shape index (κ3) is 6.34. The van der Waals surface area contributed by atoms with Crippen LogP contribution in [0.5, 0.6) is 0 Å². The van der Waals surface area contributed by atoms with Crippen LogP contribution in [0.25, 0.3) is 16.9 Å². The number of amides is 1. The van der Waals surface area contributed by atoms with Crippen LogP contribution in [0, 0.1) is 0 Å². The number of halogens is 2. The second kappa shape index (κ2) is 10.7. The SMILES string of the molecule is CS(=O)(=O)CCCOC1CCC(NC(=O)c2cnc(-n3nc(C(F)F)c4ccncc43)nc2)CC1. The van der Waals surface area contributed by atoms with Gasteiger partial charge in [-0.2, -0.15) is 9.78 Å². The predicted octanol–water partition coefficient (Wildman–Crippen LogP) is 2.64. The maximum Gasteiger partial charge on any atom is 0.282 e. The molecule has 1 aliphatic carbocycles. The molecule has 1 saturated carbocycles. The lowest BCUT2D eigenvalue weighted by Crippen LogP contribution is -2.39. The van der Waals surface area contributed by atoms with E-state index in [0.29, 0.717) is 18.5 Å². The molecule has 1 amide bonds. The number of nitrogens with one attached hydrogen (secondary N) is 1. The number of fused-ring (bicyclic) bond motifs is 1. The largest absolute Gasteiger partial charge is 0.378 e. The Morgan fingerprint density at radius 2 is 1.91 bits per heavy atom. The van der Waals surface area contributed by atoms with Gasteiger partial charge in [0.15, 0.2) is 0 Å². The van der Waals surface area contributed by atoms with Crippen LogP contribution in [-0.4, -0.2) is 69.8 Å². The predicted molar refractivity (Wildman–Crippen MR) is 123 cm³/mol. The van der Waals surface area contributed by atoms with Crippen LogP contribution in [0.1, 0.15) is 54.6 Å². The zero-order valence-corrected chi connectivity index (χ0v) is 19.9. The third-order valence-corrected chi connectivity index (χ3v) is 6.86. The first-order valence-electron chi connectivity index (χ1n) is 11.2. The Balaban J connectivity index is 1.32. The normalized spacial score (nSPS) is 18.7. The van der Waals surface area contributed by atoms with Gasteiger partial charge >= 0.3 is 0 Å². The summed E-state index contributed by atoms with van der Waals surface area (Å²) in [6.07, 6.45) is 7.48. The van der Waals surface area contributed by atoms with Gasteiger partial charge in [-0.15, -0.1) is 0 Å². The number of ether oxygens (including phenoxy) is 1. The summed E-state index contributed by atoms with van der Waals surface area (Å²) in [5, 5.41) is 7.16. The van der Waals surface area contributed by atoms with Crippen molar-refractivity contribution in [3.63, 3.8) is 0 Å². The van der Waals surface area contributed by atoms with Gasteiger partial charge < -0.3 is 10.1 Å². The quantitative estimate of drug-likeness (QED) is 0.437. The monoisotopic (exact) mass is 508 g/mol. The third-order valence-electron chi connectivity index (χ3n) is 5.83. The van der Waals surface area contributed by atoms with Gasteiger partial charge in [-0.25, -0.2) is 27.2 Å². The van der Waals surface area contributed by atoms with Crippen LogP contribution in [0.2, 0.25) is 0 Å². The highest BCUT2D eigenvalue weighted by Gasteiger charge is 2.24. The molecule has 0 aliphatic heterocycles. The molecule has 0 saturated heterocycles. The zero-order chi connectivity index (χ0) is 25.0. The van der Waals surface area contributed by atoms with Gasteiger partial charge in [0, 0.05) is 42.9 Å². The standard InChI is InChI=1S/C22H26F2N6O4S/c1-35(32,33)10-2-9-34-16-5-3-15(4-6-16)28-21(31)14-11-26-22(27-12-14)30-18-13-25-8-7-17(18)19(29-30)20(23)24/h7-8,11-13,15-16,20H,2-6,9-10H2,1H3,(H,28,31). The molecule has 10 nitrogen and oxygen atoms in total. The maximum absolute atomic E-state index is 13.3. The molecule has 3 aromatic heterocycles. The molecule has 0 unspecified atom stereocenters. The number of aromatic nitrogens is 5. The molecular weight excluding hydrogens is 482 g/mol. The molecule has 0 bridgehead atoms. The fraction of sp³-hybridized carbons (Fsp3) is 0.500. The summed E-state index contributed by atoms with van der Waals surface area (Å²) in [6, 6.07) is 1.44. The molecule has 3 aromatic rings. The van der Waals surface area contributed by atoms with Crippen molar-refractivity contribution in [1.29, 1.82) is 0 Å². The van der Waals surface area contributed by atoms with Crippen molar-refractivity contribution in [2.24, 2.45) is 0 Å². The first kappa shape index (κ1) is 25.0. The molecule has 188 valence electrons. The highest BCUT2D eigenvalue weighted by molar-refractivity contribution is 7.90. The average Bonchev–Trinajstić information content (AvgIpc) is 3.22. The van der Waals surface area contributed by atoms with Gasteiger partial charge in [0.05, 0.1) is 29.1 Å². The van der Waals surface area contributed by atoms with Gasteiger partial charge in [0.1, 0.15) is 15.5 Å². The number of nitrogens with zero attached hydrogens (tertiary/aromatic N) is 5. The summed E-state index contributed by atoms with van der Waals surface area (Å²) in [7, 11) is -2.98. The van der Waals surface area contributed by atoms with E-state index in [9.17, 15) is 22.0 Å². The molecule has 1 N–H and O–H groups in total. The van der Waals surface area contributed by atoms with Crippen molar-refractivity contribution in [2.75, 3.05) is 18.6 Å². The summed E-state index contributed by atoms with van der Waals surface area (Å²) in [6.45, 7) is 0.402. The number of carbonyl (C=O) groups is 1. The number of rotatable bonds is 9. The Hall–Kier alpha value is -3.06. The van der Waals surface area contributed by atoms with E-state index in [-0.39, 0.29) is 46.4 Å². The van der Waals surface area contributed by atoms with E-state index < -0.39 is 16.3 Å². The molecule has 13 heteroatoms. The molecule has 3 heterocycles. The molecule has 0 atom stereocenters. The second-order valence-corrected chi connectivity index (χ2v) is 10.8. The molecule has 35 heavy (non-hydrogen) atoms. The Morgan fingerprint density at radius 3 is 2.57 bits per heavy atom. The van der Waals surface area contributed by atoms with Crippen molar-refractivity contribution < 1.29 is 26.7 Å². The molecule has 1 aliphatic rings. The molecule has 0 spiro atoms. The van der Waals surface area contributed by atoms with Crippen LogP contribution in [0.3, 0.4) is 0 Å². The number of pyridine rings is 1.